The predicted molar refractivity (Wildman–Crippen MR) is 122 cm³/mol. The second-order valence-electron chi connectivity index (χ2n) is 7.35. The Kier molecular flexibility index (Phi) is 6.16. The Hall–Kier alpha value is -4.05. The third kappa shape index (κ3) is 3.92. The monoisotopic (exact) mass is 482 g/mol. The fourth-order valence-corrected chi connectivity index (χ4v) is 4.67. The fourth-order valence-electron chi connectivity index (χ4n) is 3.66. The minimum atomic E-state index is -1.10. The first kappa shape index (κ1) is 23.1. The number of hydrogen-bond acceptors (Lipinski definition) is 8. The highest BCUT2D eigenvalue weighted by Crippen LogP contribution is 2.44. The number of esters is 1. The number of thiazole rings is 1. The first-order chi connectivity index (χ1) is 16.3. The maximum atomic E-state index is 13.6. The van der Waals surface area contributed by atoms with Crippen LogP contribution in [0.15, 0.2) is 54.1 Å². The van der Waals surface area contributed by atoms with E-state index in [1.807, 2.05) is 0 Å². The number of Topliss-reactive ketones (excluding diaryl/α,β-unsaturated/α-hetero) is 1. The first-order valence-electron chi connectivity index (χ1n) is 10.0. The van der Waals surface area contributed by atoms with Gasteiger partial charge in [-0.1, -0.05) is 23.5 Å². The summed E-state index contributed by atoms with van der Waals surface area (Å²) in [7, 11) is 2.72. The standard InChI is InChI=1S/C24H19FN2O6S/c1-12-21(23(31)33-3)34-24(26-12)27-18(13-4-8-15(25)9-5-13)17(20(29)22(27)30)19(28)14-6-10-16(32-2)11-7-14/h4-11,18,28H,1-3H3/t18-/m1/s1. The number of amides is 1. The molecule has 1 saturated heterocycles. The molecule has 0 bridgehead atoms. The van der Waals surface area contributed by atoms with E-state index in [0.29, 0.717) is 17.0 Å². The van der Waals surface area contributed by atoms with Gasteiger partial charge in [0.05, 0.1) is 31.5 Å². The Balaban J connectivity index is 1.91. The Morgan fingerprint density at radius 3 is 2.32 bits per heavy atom. The predicted octanol–water partition coefficient (Wildman–Crippen LogP) is 4.01. The van der Waals surface area contributed by atoms with E-state index in [2.05, 4.69) is 4.98 Å². The number of rotatable bonds is 5. The van der Waals surface area contributed by atoms with Crippen molar-refractivity contribution in [3.63, 3.8) is 0 Å². The zero-order valence-corrected chi connectivity index (χ0v) is 19.2. The van der Waals surface area contributed by atoms with Crippen LogP contribution < -0.4 is 9.64 Å². The molecule has 2 heterocycles. The SMILES string of the molecule is COC(=O)c1sc(N2C(=O)C(=O)C(=C(O)c3ccc(OC)cc3)[C@H]2c2ccc(F)cc2)nc1C. The number of carbonyl (C=O) groups is 3. The van der Waals surface area contributed by atoms with E-state index in [9.17, 15) is 23.9 Å². The first-order valence-corrected chi connectivity index (χ1v) is 10.8. The topological polar surface area (TPSA) is 106 Å². The van der Waals surface area contributed by atoms with Crippen LogP contribution in [-0.4, -0.2) is 42.0 Å². The van der Waals surface area contributed by atoms with E-state index in [0.717, 1.165) is 16.2 Å². The fraction of sp³-hybridized carbons (Fsp3) is 0.167. The lowest BCUT2D eigenvalue weighted by Crippen LogP contribution is -2.29. The average Bonchev–Trinajstić information content (AvgIpc) is 3.35. The maximum absolute atomic E-state index is 13.6. The molecule has 1 amide bonds. The quantitative estimate of drug-likeness (QED) is 0.253. The number of halogens is 1. The van der Waals surface area contributed by atoms with Gasteiger partial charge >= 0.3 is 11.9 Å². The van der Waals surface area contributed by atoms with Crippen molar-refractivity contribution in [2.45, 2.75) is 13.0 Å². The summed E-state index contributed by atoms with van der Waals surface area (Å²) in [6.45, 7) is 1.58. The number of methoxy groups -OCH3 is 2. The lowest BCUT2D eigenvalue weighted by molar-refractivity contribution is -0.132. The van der Waals surface area contributed by atoms with Crippen molar-refractivity contribution >= 4 is 39.9 Å². The van der Waals surface area contributed by atoms with Crippen LogP contribution in [0.25, 0.3) is 5.76 Å². The molecule has 2 aromatic carbocycles. The summed E-state index contributed by atoms with van der Waals surface area (Å²) in [6, 6.07) is 10.4. The van der Waals surface area contributed by atoms with Gasteiger partial charge in [-0.2, -0.15) is 0 Å². The number of nitrogens with zero attached hydrogens (tertiary/aromatic N) is 2. The number of aromatic nitrogens is 1. The van der Waals surface area contributed by atoms with E-state index in [4.69, 9.17) is 9.47 Å². The van der Waals surface area contributed by atoms with Crippen molar-refractivity contribution in [2.75, 3.05) is 19.1 Å². The molecule has 3 aromatic rings. The number of aliphatic hydroxyl groups excluding tert-OH is 1. The molecule has 10 heteroatoms. The molecule has 0 radical (unpaired) electrons. The van der Waals surface area contributed by atoms with Crippen molar-refractivity contribution in [2.24, 2.45) is 0 Å². The number of benzene rings is 2. The van der Waals surface area contributed by atoms with Gasteiger partial charge in [0.15, 0.2) is 5.13 Å². The molecular formula is C24H19FN2O6S. The summed E-state index contributed by atoms with van der Waals surface area (Å²) in [5, 5.41) is 11.2. The van der Waals surface area contributed by atoms with Gasteiger partial charge in [0, 0.05) is 5.56 Å². The Bertz CT molecular complexity index is 1310. The summed E-state index contributed by atoms with van der Waals surface area (Å²) in [5.41, 5.74) is 0.802. The van der Waals surface area contributed by atoms with Crippen LogP contribution in [0, 0.1) is 12.7 Å². The van der Waals surface area contributed by atoms with E-state index in [-0.39, 0.29) is 21.1 Å². The van der Waals surface area contributed by atoms with Crippen LogP contribution in [0.4, 0.5) is 9.52 Å². The van der Waals surface area contributed by atoms with E-state index in [1.54, 1.807) is 31.2 Å². The minimum Gasteiger partial charge on any atom is -0.507 e. The van der Waals surface area contributed by atoms with Crippen LogP contribution in [0.5, 0.6) is 5.75 Å². The summed E-state index contributed by atoms with van der Waals surface area (Å²) >= 11 is 0.884. The molecule has 1 aliphatic rings. The van der Waals surface area contributed by atoms with Crippen LogP contribution >= 0.6 is 11.3 Å². The molecule has 1 fully saturated rings. The maximum Gasteiger partial charge on any atom is 0.350 e. The molecule has 1 aliphatic heterocycles. The average molecular weight is 482 g/mol. The van der Waals surface area contributed by atoms with Gasteiger partial charge in [0.25, 0.3) is 5.78 Å². The highest BCUT2D eigenvalue weighted by atomic mass is 32.1. The Morgan fingerprint density at radius 1 is 1.09 bits per heavy atom. The summed E-state index contributed by atoms with van der Waals surface area (Å²) < 4.78 is 23.5. The van der Waals surface area contributed by atoms with Crippen molar-refractivity contribution in [3.8, 4) is 5.75 Å². The molecule has 1 aromatic heterocycles. The molecule has 4 rings (SSSR count). The van der Waals surface area contributed by atoms with Gasteiger partial charge in [-0.05, 0) is 48.9 Å². The minimum absolute atomic E-state index is 0.0723. The van der Waals surface area contributed by atoms with Crippen LogP contribution in [-0.2, 0) is 14.3 Å². The summed E-state index contributed by atoms with van der Waals surface area (Å²) in [4.78, 5) is 44.0. The highest BCUT2D eigenvalue weighted by molar-refractivity contribution is 7.17. The second-order valence-corrected chi connectivity index (χ2v) is 8.33. The molecule has 1 atom stereocenters. The number of carbonyl (C=O) groups excluding carboxylic acids is 3. The van der Waals surface area contributed by atoms with E-state index >= 15 is 0 Å². The zero-order valence-electron chi connectivity index (χ0n) is 18.4. The van der Waals surface area contributed by atoms with Gasteiger partial charge in [0.1, 0.15) is 22.2 Å². The van der Waals surface area contributed by atoms with Crippen LogP contribution in [0.3, 0.4) is 0 Å². The van der Waals surface area contributed by atoms with Crippen LogP contribution in [0.1, 0.15) is 32.5 Å². The molecular weight excluding hydrogens is 463 g/mol. The van der Waals surface area contributed by atoms with Gasteiger partial charge in [0.2, 0.25) is 0 Å². The van der Waals surface area contributed by atoms with Crippen molar-refractivity contribution < 1.29 is 33.4 Å². The van der Waals surface area contributed by atoms with Crippen molar-refractivity contribution in [3.05, 3.63) is 81.6 Å². The number of ether oxygens (including phenoxy) is 2. The van der Waals surface area contributed by atoms with Crippen molar-refractivity contribution in [1.29, 1.82) is 0 Å². The number of aryl methyl sites for hydroxylation is 1. The largest absolute Gasteiger partial charge is 0.507 e. The molecule has 1 N–H and O–H groups in total. The normalized spacial score (nSPS) is 17.2. The van der Waals surface area contributed by atoms with Crippen molar-refractivity contribution in [1.82, 2.24) is 4.98 Å². The number of hydrogen-bond donors (Lipinski definition) is 1. The zero-order chi connectivity index (χ0) is 24.6. The lowest BCUT2D eigenvalue weighted by atomic mass is 9.95. The molecule has 0 aliphatic carbocycles. The third-order valence-corrected chi connectivity index (χ3v) is 6.49. The van der Waals surface area contributed by atoms with Gasteiger partial charge in [-0.3, -0.25) is 14.5 Å². The number of aliphatic hydroxyl groups is 1. The molecule has 174 valence electrons. The third-order valence-electron chi connectivity index (χ3n) is 5.36. The summed E-state index contributed by atoms with van der Waals surface area (Å²) in [6.07, 6.45) is 0. The highest BCUT2D eigenvalue weighted by Gasteiger charge is 2.48. The van der Waals surface area contributed by atoms with Gasteiger partial charge < -0.3 is 14.6 Å². The number of ketones is 1. The molecule has 34 heavy (non-hydrogen) atoms. The molecule has 0 spiro atoms. The van der Waals surface area contributed by atoms with Crippen LogP contribution in [0.2, 0.25) is 0 Å². The van der Waals surface area contributed by atoms with Gasteiger partial charge in [-0.15, -0.1) is 0 Å². The smallest absolute Gasteiger partial charge is 0.350 e. The van der Waals surface area contributed by atoms with Gasteiger partial charge in [-0.25, -0.2) is 14.2 Å². The molecule has 0 saturated carbocycles. The number of anilines is 1. The van der Waals surface area contributed by atoms with E-state index < -0.39 is 35.3 Å². The second kappa shape index (κ2) is 9.06. The molecule has 8 nitrogen and oxygen atoms in total. The van der Waals surface area contributed by atoms with E-state index in [1.165, 1.54) is 38.5 Å². The summed E-state index contributed by atoms with van der Waals surface area (Å²) in [5.74, 6) is -2.87. The Morgan fingerprint density at radius 2 is 1.74 bits per heavy atom. The lowest BCUT2D eigenvalue weighted by Gasteiger charge is -2.23. The Labute approximate surface area is 197 Å². The molecule has 0 unspecified atom stereocenters.